The lowest BCUT2D eigenvalue weighted by Gasteiger charge is -2.19. The number of anilines is 1. The molecule has 1 heterocycles. The smallest absolute Gasteiger partial charge is 0.246 e. The number of nitrogens with one attached hydrogen (secondary N) is 2. The highest BCUT2D eigenvalue weighted by molar-refractivity contribution is 7.09. The van der Waals surface area contributed by atoms with Crippen molar-refractivity contribution in [2.75, 3.05) is 19.0 Å². The zero-order valence-electron chi connectivity index (χ0n) is 24.9. The number of aromatic nitrogens is 1. The molecule has 6 heteroatoms. The molecule has 0 aliphatic heterocycles. The molecule has 1 unspecified atom stereocenters. The summed E-state index contributed by atoms with van der Waals surface area (Å²) >= 11 is 1.75. The number of rotatable bonds is 20. The van der Waals surface area contributed by atoms with E-state index in [0.29, 0.717) is 0 Å². The van der Waals surface area contributed by atoms with Crippen LogP contribution >= 0.6 is 11.3 Å². The highest BCUT2D eigenvalue weighted by Gasteiger charge is 2.19. The number of nitrogens with zero attached hydrogens (tertiary/aromatic N) is 1. The minimum absolute atomic E-state index is 0.0708. The number of carbonyl (C=O) groups is 1. The van der Waals surface area contributed by atoms with E-state index in [1.165, 1.54) is 81.1 Å². The Morgan fingerprint density at radius 2 is 1.45 bits per heavy atom. The Kier molecular flexibility index (Phi) is 14.6. The Hall–Kier alpha value is -2.86. The van der Waals surface area contributed by atoms with Crippen LogP contribution in [0.5, 0.6) is 5.75 Å². The van der Waals surface area contributed by atoms with Gasteiger partial charge in [-0.2, -0.15) is 4.57 Å². The van der Waals surface area contributed by atoms with Crippen LogP contribution in [0.15, 0.2) is 60.2 Å². The van der Waals surface area contributed by atoms with Gasteiger partial charge in [-0.25, -0.2) is 0 Å². The molecule has 40 heavy (non-hydrogen) atoms. The predicted octanol–water partition coefficient (Wildman–Crippen LogP) is 8.37. The predicted molar refractivity (Wildman–Crippen MR) is 168 cm³/mol. The first-order chi connectivity index (χ1) is 19.6. The molecule has 218 valence electrons. The number of carbonyl (C=O) groups excluding carboxylic acids is 1. The number of benzene rings is 2. The van der Waals surface area contributed by atoms with E-state index >= 15 is 0 Å². The zero-order chi connectivity index (χ0) is 28.4. The minimum Gasteiger partial charge on any atom is -0.494 e. The topological polar surface area (TPSA) is 54.2 Å². The number of likely N-dealkylation sites (N-methyl/N-ethyl adjacent to an activating group) is 1. The van der Waals surface area contributed by atoms with Gasteiger partial charge in [0.2, 0.25) is 11.4 Å². The number of aryl methyl sites for hydroxylation is 1. The summed E-state index contributed by atoms with van der Waals surface area (Å²) in [5, 5.41) is 6.19. The fourth-order valence-electron chi connectivity index (χ4n) is 4.95. The first kappa shape index (κ1) is 31.7. The fourth-order valence-corrected chi connectivity index (χ4v) is 5.58. The van der Waals surface area contributed by atoms with Crippen LogP contribution in [0, 0.1) is 6.92 Å². The van der Waals surface area contributed by atoms with Crippen LogP contribution in [-0.2, 0) is 11.3 Å². The third-order valence-electron chi connectivity index (χ3n) is 7.34. The van der Waals surface area contributed by atoms with Gasteiger partial charge in [0.15, 0.2) is 12.7 Å². The molecule has 1 atom stereocenters. The van der Waals surface area contributed by atoms with E-state index < -0.39 is 6.04 Å². The molecule has 5 nitrogen and oxygen atoms in total. The average molecular weight is 565 g/mol. The molecule has 3 aromatic rings. The number of ether oxygens (including phenoxy) is 1. The number of unbranched alkanes of at least 4 members (excludes halogenated alkanes) is 11. The van der Waals surface area contributed by atoms with Gasteiger partial charge in [-0.15, -0.1) is 0 Å². The molecule has 0 bridgehead atoms. The van der Waals surface area contributed by atoms with Crippen molar-refractivity contribution >= 4 is 22.9 Å². The van der Waals surface area contributed by atoms with Crippen molar-refractivity contribution in [1.82, 2.24) is 5.32 Å². The summed E-state index contributed by atoms with van der Waals surface area (Å²) in [6.45, 7) is 5.97. The molecular formula is C34H50N3O2S+. The lowest BCUT2D eigenvalue weighted by Crippen LogP contribution is -2.31. The van der Waals surface area contributed by atoms with Gasteiger partial charge in [-0.05, 0) is 43.2 Å². The van der Waals surface area contributed by atoms with Crippen LogP contribution in [0.25, 0.3) is 0 Å². The van der Waals surface area contributed by atoms with Crippen LogP contribution in [0.3, 0.4) is 0 Å². The third-order valence-corrected chi connectivity index (χ3v) is 8.19. The molecule has 0 fully saturated rings. The van der Waals surface area contributed by atoms with Gasteiger partial charge in [-0.1, -0.05) is 113 Å². The number of thiazole rings is 1. The highest BCUT2D eigenvalue weighted by Crippen LogP contribution is 2.23. The largest absolute Gasteiger partial charge is 0.494 e. The Morgan fingerprint density at radius 1 is 0.850 bits per heavy atom. The van der Waals surface area contributed by atoms with Gasteiger partial charge in [-0.3, -0.25) is 4.79 Å². The van der Waals surface area contributed by atoms with Gasteiger partial charge in [0.25, 0.3) is 0 Å². The Bertz CT molecular complexity index is 1100. The molecule has 3 rings (SSSR count). The molecular weight excluding hydrogens is 514 g/mol. The maximum absolute atomic E-state index is 12.7. The summed E-state index contributed by atoms with van der Waals surface area (Å²) in [5.41, 5.74) is 5.18. The van der Waals surface area contributed by atoms with Gasteiger partial charge >= 0.3 is 0 Å². The SMILES string of the molecule is CCCCCCCCCCCCCCOc1ccc(C(Nc2ccc(C[n+]3csc(C)c3)cc2)C(=O)NC)cc1. The van der Waals surface area contributed by atoms with Crippen LogP contribution in [0.2, 0.25) is 0 Å². The van der Waals surface area contributed by atoms with Crippen LogP contribution in [0.4, 0.5) is 5.69 Å². The Morgan fingerprint density at radius 3 is 2.00 bits per heavy atom. The van der Waals surface area contributed by atoms with Crippen molar-refractivity contribution in [3.05, 3.63) is 76.2 Å². The highest BCUT2D eigenvalue weighted by atomic mass is 32.1. The lowest BCUT2D eigenvalue weighted by atomic mass is 10.0. The summed E-state index contributed by atoms with van der Waals surface area (Å²) in [4.78, 5) is 14.0. The summed E-state index contributed by atoms with van der Waals surface area (Å²) in [7, 11) is 1.67. The Balaban J connectivity index is 1.36. The van der Waals surface area contributed by atoms with Gasteiger partial charge in [0.05, 0.1) is 11.5 Å². The maximum atomic E-state index is 12.7. The monoisotopic (exact) mass is 564 g/mol. The van der Waals surface area contributed by atoms with Gasteiger partial charge in [0.1, 0.15) is 11.8 Å². The van der Waals surface area contributed by atoms with Crippen LogP contribution in [0.1, 0.15) is 106 Å². The molecule has 0 saturated heterocycles. The molecule has 0 spiro atoms. The first-order valence-corrected chi connectivity index (χ1v) is 16.2. The maximum Gasteiger partial charge on any atom is 0.246 e. The third kappa shape index (κ3) is 11.7. The van der Waals surface area contributed by atoms with E-state index in [1.54, 1.807) is 18.4 Å². The van der Waals surface area contributed by atoms with E-state index in [4.69, 9.17) is 4.74 Å². The summed E-state index contributed by atoms with van der Waals surface area (Å²) in [6.07, 6.45) is 18.2. The van der Waals surface area contributed by atoms with Gasteiger partial charge in [0, 0.05) is 18.3 Å². The lowest BCUT2D eigenvalue weighted by molar-refractivity contribution is -0.683. The van der Waals surface area contributed by atoms with Crippen molar-refractivity contribution < 1.29 is 14.1 Å². The average Bonchev–Trinajstić information content (AvgIpc) is 3.39. The second-order valence-corrected chi connectivity index (χ2v) is 11.9. The Labute approximate surface area is 246 Å². The van der Waals surface area contributed by atoms with Crippen molar-refractivity contribution in [2.45, 2.75) is 103 Å². The van der Waals surface area contributed by atoms with Crippen molar-refractivity contribution in [3.8, 4) is 5.75 Å². The molecule has 2 N–H and O–H groups in total. The van der Waals surface area contributed by atoms with Crippen molar-refractivity contribution in [3.63, 3.8) is 0 Å². The summed E-state index contributed by atoms with van der Waals surface area (Å²) in [6, 6.07) is 15.7. The number of hydrogen-bond acceptors (Lipinski definition) is 4. The normalized spacial score (nSPS) is 11.8. The fraction of sp³-hybridized carbons (Fsp3) is 0.529. The molecule has 1 amide bonds. The minimum atomic E-state index is -0.477. The second kappa shape index (κ2) is 18.5. The zero-order valence-corrected chi connectivity index (χ0v) is 25.7. The quantitative estimate of drug-likeness (QED) is 0.107. The molecule has 1 aromatic heterocycles. The first-order valence-electron chi connectivity index (χ1n) is 15.3. The summed E-state index contributed by atoms with van der Waals surface area (Å²) < 4.78 is 8.17. The number of hydrogen-bond donors (Lipinski definition) is 2. The second-order valence-electron chi connectivity index (χ2n) is 10.8. The number of amides is 1. The van der Waals surface area contributed by atoms with Crippen LogP contribution < -0.4 is 19.9 Å². The van der Waals surface area contributed by atoms with E-state index in [0.717, 1.165) is 36.6 Å². The molecule has 0 saturated carbocycles. The summed E-state index contributed by atoms with van der Waals surface area (Å²) in [5.74, 6) is 0.784. The van der Waals surface area contributed by atoms with Crippen molar-refractivity contribution in [2.24, 2.45) is 0 Å². The van der Waals surface area contributed by atoms with E-state index in [2.05, 4.69) is 52.9 Å². The molecule has 0 aliphatic rings. The standard InChI is InChI=1S/C34H49N3O2S/c1-4-5-6-7-8-9-10-11-12-13-14-15-24-39-32-22-18-30(19-23-32)33(34(38)35-3)36-31-20-16-29(17-21-31)26-37-25-28(2)40-27-37/h16-23,25,27,33,36H,4-15,24,26H2,1-3H3/p+1. The van der Waals surface area contributed by atoms with Crippen molar-refractivity contribution in [1.29, 1.82) is 0 Å². The molecule has 0 aliphatic carbocycles. The van der Waals surface area contributed by atoms with E-state index in [-0.39, 0.29) is 5.91 Å². The molecule has 0 radical (unpaired) electrons. The van der Waals surface area contributed by atoms with E-state index in [9.17, 15) is 4.79 Å². The van der Waals surface area contributed by atoms with Crippen LogP contribution in [-0.4, -0.2) is 19.6 Å². The van der Waals surface area contributed by atoms with Gasteiger partial charge < -0.3 is 15.4 Å². The van der Waals surface area contributed by atoms with E-state index in [1.807, 2.05) is 36.4 Å². The molecule has 2 aromatic carbocycles.